The van der Waals surface area contributed by atoms with Crippen LogP contribution in [-0.4, -0.2) is 37.7 Å². The van der Waals surface area contributed by atoms with Gasteiger partial charge in [0, 0.05) is 38.3 Å². The third-order valence-corrected chi connectivity index (χ3v) is 4.44. The van der Waals surface area contributed by atoms with Gasteiger partial charge >= 0.3 is 0 Å². The Morgan fingerprint density at radius 1 is 1.12 bits per heavy atom. The second kappa shape index (κ2) is 7.74. The van der Waals surface area contributed by atoms with Gasteiger partial charge in [-0.3, -0.25) is 10.1 Å². The number of nitro benzene ring substituents is 1. The molecule has 0 aliphatic carbocycles. The molecule has 2 aromatic rings. The number of piperazine rings is 1. The molecule has 0 N–H and O–H groups in total. The minimum Gasteiger partial charge on any atom is -0.492 e. The lowest BCUT2D eigenvalue weighted by Crippen LogP contribution is -2.46. The van der Waals surface area contributed by atoms with Gasteiger partial charge in [-0.2, -0.15) is 5.26 Å². The first-order valence-electron chi connectivity index (χ1n) is 8.54. The summed E-state index contributed by atoms with van der Waals surface area (Å²) in [5.74, 6) is 0.872. The molecular weight excluding hydrogens is 332 g/mol. The van der Waals surface area contributed by atoms with Crippen LogP contribution in [0.4, 0.5) is 17.1 Å². The first kappa shape index (κ1) is 17.5. The molecule has 0 unspecified atom stereocenters. The van der Waals surface area contributed by atoms with Crippen molar-refractivity contribution in [1.29, 1.82) is 5.26 Å². The molecule has 2 aromatic carbocycles. The Kier molecular flexibility index (Phi) is 5.23. The summed E-state index contributed by atoms with van der Waals surface area (Å²) in [6.07, 6.45) is 0. The van der Waals surface area contributed by atoms with Crippen LogP contribution in [0.1, 0.15) is 12.5 Å². The van der Waals surface area contributed by atoms with Crippen molar-refractivity contribution in [2.24, 2.45) is 0 Å². The molecule has 1 heterocycles. The molecule has 0 spiro atoms. The first-order valence-corrected chi connectivity index (χ1v) is 8.54. The van der Waals surface area contributed by atoms with Crippen LogP contribution in [0.3, 0.4) is 0 Å². The fourth-order valence-electron chi connectivity index (χ4n) is 3.19. The number of benzene rings is 2. The zero-order valence-electron chi connectivity index (χ0n) is 14.6. The van der Waals surface area contributed by atoms with Crippen LogP contribution in [0.5, 0.6) is 5.75 Å². The summed E-state index contributed by atoms with van der Waals surface area (Å²) in [6.45, 7) is 5.61. The van der Waals surface area contributed by atoms with E-state index in [0.717, 1.165) is 43.3 Å². The van der Waals surface area contributed by atoms with Crippen molar-refractivity contribution in [2.45, 2.75) is 6.92 Å². The fourth-order valence-corrected chi connectivity index (χ4v) is 3.19. The topological polar surface area (TPSA) is 82.6 Å². The number of nitrogens with zero attached hydrogens (tertiary/aromatic N) is 4. The van der Waals surface area contributed by atoms with Gasteiger partial charge in [0.2, 0.25) is 0 Å². The summed E-state index contributed by atoms with van der Waals surface area (Å²) in [5.41, 5.74) is 2.09. The lowest BCUT2D eigenvalue weighted by atomic mass is 10.1. The van der Waals surface area contributed by atoms with Crippen molar-refractivity contribution in [3.05, 3.63) is 58.1 Å². The lowest BCUT2D eigenvalue weighted by Gasteiger charge is -2.38. The number of hydrogen-bond donors (Lipinski definition) is 0. The van der Waals surface area contributed by atoms with Gasteiger partial charge in [-0.05, 0) is 25.1 Å². The number of hydrogen-bond acceptors (Lipinski definition) is 6. The Morgan fingerprint density at radius 2 is 1.77 bits per heavy atom. The highest BCUT2D eigenvalue weighted by Crippen LogP contribution is 2.31. The van der Waals surface area contributed by atoms with E-state index in [9.17, 15) is 15.4 Å². The Balaban J connectivity index is 1.75. The van der Waals surface area contributed by atoms with Gasteiger partial charge in [-0.1, -0.05) is 12.1 Å². The van der Waals surface area contributed by atoms with Crippen LogP contribution in [-0.2, 0) is 0 Å². The van der Waals surface area contributed by atoms with E-state index >= 15 is 0 Å². The number of nitro groups is 1. The highest BCUT2D eigenvalue weighted by molar-refractivity contribution is 5.65. The Bertz CT molecular complexity index is 839. The number of para-hydroxylation sites is 2. The van der Waals surface area contributed by atoms with Gasteiger partial charge in [0.15, 0.2) is 0 Å². The van der Waals surface area contributed by atoms with Crippen molar-refractivity contribution in [3.63, 3.8) is 0 Å². The fraction of sp³-hybridized carbons (Fsp3) is 0.316. The van der Waals surface area contributed by atoms with E-state index in [0.29, 0.717) is 12.2 Å². The maximum Gasteiger partial charge on any atom is 0.270 e. The Labute approximate surface area is 152 Å². The van der Waals surface area contributed by atoms with E-state index in [4.69, 9.17) is 4.74 Å². The number of nitriles is 1. The van der Waals surface area contributed by atoms with E-state index in [1.165, 1.54) is 12.1 Å². The van der Waals surface area contributed by atoms with Crippen molar-refractivity contribution in [1.82, 2.24) is 0 Å². The second-order valence-corrected chi connectivity index (χ2v) is 5.95. The summed E-state index contributed by atoms with van der Waals surface area (Å²) < 4.78 is 5.71. The van der Waals surface area contributed by atoms with Crippen molar-refractivity contribution >= 4 is 17.1 Å². The zero-order chi connectivity index (χ0) is 18.5. The molecule has 134 valence electrons. The molecule has 1 fully saturated rings. The molecule has 1 aliphatic heterocycles. The van der Waals surface area contributed by atoms with Crippen LogP contribution in [0.25, 0.3) is 0 Å². The summed E-state index contributed by atoms with van der Waals surface area (Å²) >= 11 is 0. The first-order chi connectivity index (χ1) is 12.6. The Hall–Kier alpha value is -3.27. The second-order valence-electron chi connectivity index (χ2n) is 5.95. The molecule has 7 nitrogen and oxygen atoms in total. The average Bonchev–Trinajstić information content (AvgIpc) is 2.68. The van der Waals surface area contributed by atoms with E-state index < -0.39 is 4.92 Å². The molecule has 0 saturated carbocycles. The van der Waals surface area contributed by atoms with E-state index in [-0.39, 0.29) is 5.69 Å². The summed E-state index contributed by atoms with van der Waals surface area (Å²) in [7, 11) is 0. The van der Waals surface area contributed by atoms with E-state index in [2.05, 4.69) is 15.9 Å². The van der Waals surface area contributed by atoms with E-state index in [1.807, 2.05) is 31.2 Å². The average molecular weight is 352 g/mol. The maximum atomic E-state index is 10.9. The largest absolute Gasteiger partial charge is 0.492 e. The molecule has 1 aliphatic rings. The van der Waals surface area contributed by atoms with E-state index in [1.54, 1.807) is 6.07 Å². The highest BCUT2D eigenvalue weighted by atomic mass is 16.6. The number of non-ortho nitro benzene ring substituents is 1. The van der Waals surface area contributed by atoms with Gasteiger partial charge in [0.1, 0.15) is 11.8 Å². The van der Waals surface area contributed by atoms with Crippen LogP contribution < -0.4 is 14.5 Å². The third-order valence-electron chi connectivity index (χ3n) is 4.44. The van der Waals surface area contributed by atoms with Gasteiger partial charge in [-0.15, -0.1) is 0 Å². The molecule has 7 heteroatoms. The molecule has 0 bridgehead atoms. The molecule has 3 rings (SSSR count). The normalized spacial score (nSPS) is 14.0. The third kappa shape index (κ3) is 3.54. The zero-order valence-corrected chi connectivity index (χ0v) is 14.6. The minimum atomic E-state index is -0.479. The smallest absolute Gasteiger partial charge is 0.270 e. The van der Waals surface area contributed by atoms with Crippen LogP contribution in [0, 0.1) is 21.4 Å². The lowest BCUT2D eigenvalue weighted by molar-refractivity contribution is -0.384. The SMILES string of the molecule is CCOc1ccccc1N1CCN(c2ccc([N+](=O)[O-])cc2C#N)CC1. The minimum absolute atomic E-state index is 0.0606. The van der Waals surface area contributed by atoms with Gasteiger partial charge in [-0.25, -0.2) is 0 Å². The number of rotatable bonds is 5. The van der Waals surface area contributed by atoms with Gasteiger partial charge in [0.05, 0.1) is 28.5 Å². The standard InChI is InChI=1S/C19H20N4O3/c1-2-26-19-6-4-3-5-18(19)22-11-9-21(10-12-22)17-8-7-16(23(24)25)13-15(17)14-20/h3-8,13H,2,9-12H2,1H3. The molecule has 0 aromatic heterocycles. The predicted molar refractivity (Wildman–Crippen MR) is 99.8 cm³/mol. The summed E-state index contributed by atoms with van der Waals surface area (Å²) in [5, 5.41) is 20.3. The molecule has 1 saturated heterocycles. The Morgan fingerprint density at radius 3 is 2.38 bits per heavy atom. The summed E-state index contributed by atoms with van der Waals surface area (Å²) in [4.78, 5) is 14.8. The van der Waals surface area contributed by atoms with Crippen LogP contribution >= 0.6 is 0 Å². The molecule has 0 atom stereocenters. The molecule has 26 heavy (non-hydrogen) atoms. The number of ether oxygens (including phenoxy) is 1. The van der Waals surface area contributed by atoms with Crippen molar-refractivity contribution in [2.75, 3.05) is 42.6 Å². The summed E-state index contributed by atoms with van der Waals surface area (Å²) in [6, 6.07) is 14.5. The van der Waals surface area contributed by atoms with Crippen LogP contribution in [0.15, 0.2) is 42.5 Å². The van der Waals surface area contributed by atoms with Crippen molar-refractivity contribution < 1.29 is 9.66 Å². The van der Waals surface area contributed by atoms with Crippen molar-refractivity contribution in [3.8, 4) is 11.8 Å². The van der Waals surface area contributed by atoms with Gasteiger partial charge in [0.25, 0.3) is 5.69 Å². The maximum absolute atomic E-state index is 10.9. The molecule has 0 radical (unpaired) electrons. The highest BCUT2D eigenvalue weighted by Gasteiger charge is 2.22. The molecular formula is C19H20N4O3. The predicted octanol–water partition coefficient (Wildman–Crippen LogP) is 3.19. The number of anilines is 2. The quantitative estimate of drug-likeness (QED) is 0.607. The van der Waals surface area contributed by atoms with Gasteiger partial charge < -0.3 is 14.5 Å². The van der Waals surface area contributed by atoms with Crippen LogP contribution in [0.2, 0.25) is 0 Å². The molecule has 0 amide bonds. The monoisotopic (exact) mass is 352 g/mol.